The molecular formula is C15H21NO. The molecule has 0 amide bonds. The van der Waals surface area contributed by atoms with Gasteiger partial charge in [0.1, 0.15) is 6.10 Å². The Bertz CT molecular complexity index is 369. The van der Waals surface area contributed by atoms with Crippen molar-refractivity contribution in [2.45, 2.75) is 38.8 Å². The first-order valence-electron chi connectivity index (χ1n) is 6.36. The molecule has 0 aromatic heterocycles. The van der Waals surface area contributed by atoms with Gasteiger partial charge in [-0.2, -0.15) is 0 Å². The lowest BCUT2D eigenvalue weighted by atomic mass is 10.1. The first kappa shape index (κ1) is 12.2. The van der Waals surface area contributed by atoms with Crippen LogP contribution in [0, 0.1) is 6.92 Å². The molecule has 0 bridgehead atoms. The van der Waals surface area contributed by atoms with E-state index in [1.54, 1.807) is 0 Å². The average molecular weight is 231 g/mol. The standard InChI is InChI=1S/C15H21NO/c1-12-6-8-14(9-7-12)13(2)16-11-15-5-3-4-10-17-15/h4,6-10,13,15-16H,3,5,11H2,1-2H3. The number of hydrogen-bond donors (Lipinski definition) is 1. The second kappa shape index (κ2) is 5.87. The number of nitrogens with one attached hydrogen (secondary N) is 1. The number of aryl methyl sites for hydroxylation is 1. The summed E-state index contributed by atoms with van der Waals surface area (Å²) in [7, 11) is 0. The first-order chi connectivity index (χ1) is 8.25. The first-order valence-corrected chi connectivity index (χ1v) is 6.36. The van der Waals surface area contributed by atoms with Gasteiger partial charge in [-0.05, 0) is 38.3 Å². The minimum atomic E-state index is 0.327. The smallest absolute Gasteiger partial charge is 0.110 e. The summed E-state index contributed by atoms with van der Waals surface area (Å²) >= 11 is 0. The fraction of sp³-hybridized carbons (Fsp3) is 0.467. The average Bonchev–Trinajstić information content (AvgIpc) is 2.38. The molecule has 0 fully saturated rings. The van der Waals surface area contributed by atoms with E-state index in [9.17, 15) is 0 Å². The summed E-state index contributed by atoms with van der Waals surface area (Å²) in [6, 6.07) is 9.08. The van der Waals surface area contributed by atoms with Crippen LogP contribution in [-0.2, 0) is 4.74 Å². The van der Waals surface area contributed by atoms with E-state index in [-0.39, 0.29) is 0 Å². The van der Waals surface area contributed by atoms with Gasteiger partial charge in [0.2, 0.25) is 0 Å². The van der Waals surface area contributed by atoms with E-state index < -0.39 is 0 Å². The van der Waals surface area contributed by atoms with E-state index in [0.29, 0.717) is 12.1 Å². The van der Waals surface area contributed by atoms with E-state index in [1.807, 2.05) is 6.26 Å². The van der Waals surface area contributed by atoms with Crippen molar-refractivity contribution in [3.8, 4) is 0 Å². The molecule has 2 heteroatoms. The maximum absolute atomic E-state index is 5.54. The van der Waals surface area contributed by atoms with Crippen LogP contribution in [0.25, 0.3) is 0 Å². The molecule has 17 heavy (non-hydrogen) atoms. The van der Waals surface area contributed by atoms with Crippen LogP contribution in [0.1, 0.15) is 36.9 Å². The van der Waals surface area contributed by atoms with Crippen LogP contribution in [0.5, 0.6) is 0 Å². The van der Waals surface area contributed by atoms with Gasteiger partial charge in [-0.1, -0.05) is 29.8 Å². The Hall–Kier alpha value is -1.28. The quantitative estimate of drug-likeness (QED) is 0.858. The Labute approximate surface area is 104 Å². The van der Waals surface area contributed by atoms with Crippen molar-refractivity contribution in [3.05, 3.63) is 47.7 Å². The third kappa shape index (κ3) is 3.60. The van der Waals surface area contributed by atoms with Crippen molar-refractivity contribution in [2.24, 2.45) is 0 Å². The van der Waals surface area contributed by atoms with Gasteiger partial charge in [-0.3, -0.25) is 0 Å². The van der Waals surface area contributed by atoms with Crippen LogP contribution < -0.4 is 5.32 Å². The number of hydrogen-bond acceptors (Lipinski definition) is 2. The highest BCUT2D eigenvalue weighted by molar-refractivity contribution is 5.23. The van der Waals surface area contributed by atoms with Crippen molar-refractivity contribution < 1.29 is 4.74 Å². The normalized spacial score (nSPS) is 20.9. The van der Waals surface area contributed by atoms with E-state index in [0.717, 1.165) is 19.4 Å². The third-order valence-corrected chi connectivity index (χ3v) is 3.25. The fourth-order valence-electron chi connectivity index (χ4n) is 2.02. The minimum absolute atomic E-state index is 0.327. The zero-order valence-electron chi connectivity index (χ0n) is 10.6. The van der Waals surface area contributed by atoms with Gasteiger partial charge in [0.15, 0.2) is 0 Å². The molecule has 2 atom stereocenters. The predicted octanol–water partition coefficient (Wildman–Crippen LogP) is 3.34. The summed E-state index contributed by atoms with van der Waals surface area (Å²) < 4.78 is 5.54. The lowest BCUT2D eigenvalue weighted by Gasteiger charge is -2.22. The van der Waals surface area contributed by atoms with E-state index in [2.05, 4.69) is 49.5 Å². The monoisotopic (exact) mass is 231 g/mol. The molecule has 0 aliphatic carbocycles. The lowest BCUT2D eigenvalue weighted by Crippen LogP contribution is -2.31. The van der Waals surface area contributed by atoms with Crippen molar-refractivity contribution >= 4 is 0 Å². The largest absolute Gasteiger partial charge is 0.497 e. The molecule has 0 saturated heterocycles. The molecule has 1 aromatic carbocycles. The summed E-state index contributed by atoms with van der Waals surface area (Å²) in [6.45, 7) is 5.23. The van der Waals surface area contributed by atoms with Crippen LogP contribution in [0.3, 0.4) is 0 Å². The van der Waals surface area contributed by atoms with Crippen molar-refractivity contribution in [2.75, 3.05) is 6.54 Å². The molecule has 2 rings (SSSR count). The molecule has 1 heterocycles. The lowest BCUT2D eigenvalue weighted by molar-refractivity contribution is 0.120. The molecule has 0 radical (unpaired) electrons. The molecule has 0 saturated carbocycles. The van der Waals surface area contributed by atoms with Gasteiger partial charge < -0.3 is 10.1 Å². The number of ether oxygens (including phenoxy) is 1. The number of benzene rings is 1. The van der Waals surface area contributed by atoms with E-state index >= 15 is 0 Å². The number of allylic oxidation sites excluding steroid dienone is 1. The van der Waals surface area contributed by atoms with Gasteiger partial charge in [0.25, 0.3) is 0 Å². The van der Waals surface area contributed by atoms with Crippen molar-refractivity contribution in [1.82, 2.24) is 5.32 Å². The topological polar surface area (TPSA) is 21.3 Å². The SMILES string of the molecule is Cc1ccc(C(C)NCC2CCC=CO2)cc1. The summed E-state index contributed by atoms with van der Waals surface area (Å²) in [6.07, 6.45) is 6.48. The Morgan fingerprint density at radius 1 is 1.35 bits per heavy atom. The molecule has 2 unspecified atom stereocenters. The van der Waals surface area contributed by atoms with Crippen LogP contribution in [0.4, 0.5) is 0 Å². The van der Waals surface area contributed by atoms with Crippen LogP contribution >= 0.6 is 0 Å². The van der Waals surface area contributed by atoms with Crippen molar-refractivity contribution in [1.29, 1.82) is 0 Å². The molecule has 1 aromatic rings. The Balaban J connectivity index is 1.82. The molecule has 1 aliphatic rings. The highest BCUT2D eigenvalue weighted by Gasteiger charge is 2.12. The molecule has 1 N–H and O–H groups in total. The molecule has 1 aliphatic heterocycles. The summed E-state index contributed by atoms with van der Waals surface area (Å²) in [5.74, 6) is 0. The molecule has 2 nitrogen and oxygen atoms in total. The van der Waals surface area contributed by atoms with Crippen molar-refractivity contribution in [3.63, 3.8) is 0 Å². The zero-order valence-corrected chi connectivity index (χ0v) is 10.6. The second-order valence-electron chi connectivity index (χ2n) is 4.75. The van der Waals surface area contributed by atoms with Gasteiger partial charge in [0, 0.05) is 12.6 Å². The molecule has 92 valence electrons. The second-order valence-corrected chi connectivity index (χ2v) is 4.75. The maximum Gasteiger partial charge on any atom is 0.110 e. The Morgan fingerprint density at radius 2 is 2.12 bits per heavy atom. The zero-order chi connectivity index (χ0) is 12.1. The highest BCUT2D eigenvalue weighted by Crippen LogP contribution is 2.15. The maximum atomic E-state index is 5.54. The van der Waals surface area contributed by atoms with Crippen LogP contribution in [-0.4, -0.2) is 12.6 Å². The van der Waals surface area contributed by atoms with Crippen LogP contribution in [0.15, 0.2) is 36.6 Å². The van der Waals surface area contributed by atoms with Crippen LogP contribution in [0.2, 0.25) is 0 Å². The fourth-order valence-corrected chi connectivity index (χ4v) is 2.02. The van der Waals surface area contributed by atoms with Gasteiger partial charge >= 0.3 is 0 Å². The van der Waals surface area contributed by atoms with Gasteiger partial charge in [0.05, 0.1) is 6.26 Å². The van der Waals surface area contributed by atoms with Gasteiger partial charge in [-0.15, -0.1) is 0 Å². The molecular weight excluding hydrogens is 210 g/mol. The molecule has 0 spiro atoms. The van der Waals surface area contributed by atoms with Gasteiger partial charge in [-0.25, -0.2) is 0 Å². The summed E-state index contributed by atoms with van der Waals surface area (Å²) in [4.78, 5) is 0. The Morgan fingerprint density at radius 3 is 2.76 bits per heavy atom. The number of rotatable bonds is 4. The summed E-state index contributed by atoms with van der Waals surface area (Å²) in [5.41, 5.74) is 2.64. The Kier molecular flexibility index (Phi) is 4.21. The van der Waals surface area contributed by atoms with E-state index in [4.69, 9.17) is 4.74 Å². The van der Waals surface area contributed by atoms with E-state index in [1.165, 1.54) is 11.1 Å². The third-order valence-electron chi connectivity index (χ3n) is 3.25. The summed E-state index contributed by atoms with van der Waals surface area (Å²) in [5, 5.41) is 3.53. The highest BCUT2D eigenvalue weighted by atomic mass is 16.5. The predicted molar refractivity (Wildman–Crippen MR) is 70.8 cm³/mol. The minimum Gasteiger partial charge on any atom is -0.497 e.